The quantitative estimate of drug-likeness (QED) is 0.589. The van der Waals surface area contributed by atoms with E-state index in [4.69, 9.17) is 5.11 Å². The molecule has 0 unspecified atom stereocenters. The minimum atomic E-state index is -0.880. The number of aliphatic hydroxyl groups excluding tert-OH is 1. The van der Waals surface area contributed by atoms with E-state index in [0.29, 0.717) is 6.54 Å². The zero-order chi connectivity index (χ0) is 10.8. The Bertz CT molecular complexity index is 146. The molecule has 0 heterocycles. The summed E-state index contributed by atoms with van der Waals surface area (Å²) in [6.45, 7) is 4.37. The molecule has 0 aliphatic rings. The Labute approximate surface area is 86.9 Å². The van der Waals surface area contributed by atoms with Crippen molar-refractivity contribution in [2.45, 2.75) is 58.5 Å². The molecule has 3 heteroatoms. The third-order valence-electron chi connectivity index (χ3n) is 2.21. The van der Waals surface area contributed by atoms with Crippen molar-refractivity contribution in [1.29, 1.82) is 0 Å². The van der Waals surface area contributed by atoms with Gasteiger partial charge in [0.25, 0.3) is 0 Å². The summed E-state index contributed by atoms with van der Waals surface area (Å²) in [6, 6.07) is 0. The molecule has 0 aromatic rings. The number of rotatable bonds is 8. The van der Waals surface area contributed by atoms with Crippen molar-refractivity contribution in [2.75, 3.05) is 6.54 Å². The normalized spacial score (nSPS) is 12.5. The Balaban J connectivity index is 3.10. The molecule has 0 aromatic heterocycles. The van der Waals surface area contributed by atoms with Gasteiger partial charge in [0.1, 0.15) is 6.10 Å². The van der Waals surface area contributed by atoms with Gasteiger partial charge in [-0.05, 0) is 13.3 Å². The average Bonchev–Trinajstić information content (AvgIpc) is 2.16. The van der Waals surface area contributed by atoms with Crippen LogP contribution < -0.4 is 5.32 Å². The third-order valence-corrected chi connectivity index (χ3v) is 2.21. The minimum Gasteiger partial charge on any atom is -0.384 e. The van der Waals surface area contributed by atoms with E-state index in [0.717, 1.165) is 6.42 Å². The van der Waals surface area contributed by atoms with Crippen LogP contribution in [0.3, 0.4) is 0 Å². The van der Waals surface area contributed by atoms with Gasteiger partial charge in [-0.3, -0.25) is 4.79 Å². The monoisotopic (exact) mass is 201 g/mol. The predicted molar refractivity (Wildman–Crippen MR) is 58.1 cm³/mol. The van der Waals surface area contributed by atoms with Crippen LogP contribution in [0.1, 0.15) is 52.4 Å². The lowest BCUT2D eigenvalue weighted by molar-refractivity contribution is -0.128. The van der Waals surface area contributed by atoms with Gasteiger partial charge in [-0.25, -0.2) is 0 Å². The number of hydrogen-bond acceptors (Lipinski definition) is 2. The van der Waals surface area contributed by atoms with Gasteiger partial charge >= 0.3 is 0 Å². The summed E-state index contributed by atoms with van der Waals surface area (Å²) in [6.07, 6.45) is 6.41. The Morgan fingerprint density at radius 2 is 1.79 bits per heavy atom. The second-order valence-corrected chi connectivity index (χ2v) is 3.73. The molecule has 0 fully saturated rings. The first-order chi connectivity index (χ1) is 6.68. The molecule has 1 amide bonds. The van der Waals surface area contributed by atoms with E-state index in [9.17, 15) is 4.79 Å². The zero-order valence-electron chi connectivity index (χ0n) is 9.38. The SMILES string of the molecule is CCCCCCCCNC(=O)[C@@H](C)O. The van der Waals surface area contributed by atoms with Crippen LogP contribution in [-0.4, -0.2) is 23.7 Å². The average molecular weight is 201 g/mol. The molecule has 14 heavy (non-hydrogen) atoms. The number of hydrogen-bond donors (Lipinski definition) is 2. The van der Waals surface area contributed by atoms with Gasteiger partial charge in [0.15, 0.2) is 0 Å². The summed E-state index contributed by atoms with van der Waals surface area (Å²) in [4.78, 5) is 10.9. The minimum absolute atomic E-state index is 0.265. The van der Waals surface area contributed by atoms with E-state index in [2.05, 4.69) is 12.2 Å². The molecule has 0 rings (SSSR count). The van der Waals surface area contributed by atoms with E-state index in [1.165, 1.54) is 39.0 Å². The van der Waals surface area contributed by atoms with Crippen molar-refractivity contribution in [2.24, 2.45) is 0 Å². The van der Waals surface area contributed by atoms with E-state index in [1.54, 1.807) is 0 Å². The number of unbranched alkanes of at least 4 members (excludes halogenated alkanes) is 5. The fraction of sp³-hybridized carbons (Fsp3) is 0.909. The Kier molecular flexibility index (Phi) is 8.64. The van der Waals surface area contributed by atoms with Gasteiger partial charge in [-0.1, -0.05) is 39.0 Å². The van der Waals surface area contributed by atoms with Crippen molar-refractivity contribution in [3.05, 3.63) is 0 Å². The molecule has 0 aromatic carbocycles. The zero-order valence-corrected chi connectivity index (χ0v) is 9.38. The molecule has 0 aliphatic heterocycles. The maximum Gasteiger partial charge on any atom is 0.248 e. The van der Waals surface area contributed by atoms with Crippen molar-refractivity contribution >= 4 is 5.91 Å². The number of carbonyl (C=O) groups is 1. The van der Waals surface area contributed by atoms with E-state index >= 15 is 0 Å². The number of carbonyl (C=O) groups excluding carboxylic acids is 1. The van der Waals surface area contributed by atoms with Crippen LogP contribution in [0.5, 0.6) is 0 Å². The van der Waals surface area contributed by atoms with Gasteiger partial charge in [-0.2, -0.15) is 0 Å². The van der Waals surface area contributed by atoms with Gasteiger partial charge in [0.2, 0.25) is 5.91 Å². The van der Waals surface area contributed by atoms with Crippen LogP contribution in [0, 0.1) is 0 Å². The first-order valence-corrected chi connectivity index (χ1v) is 5.64. The Morgan fingerprint density at radius 3 is 2.36 bits per heavy atom. The summed E-state index contributed by atoms with van der Waals surface area (Å²) >= 11 is 0. The summed E-state index contributed by atoms with van der Waals surface area (Å²) in [5.74, 6) is -0.265. The topological polar surface area (TPSA) is 49.3 Å². The second-order valence-electron chi connectivity index (χ2n) is 3.73. The molecular weight excluding hydrogens is 178 g/mol. The fourth-order valence-corrected chi connectivity index (χ4v) is 1.26. The van der Waals surface area contributed by atoms with E-state index < -0.39 is 6.10 Å². The van der Waals surface area contributed by atoms with Crippen LogP contribution in [0.4, 0.5) is 0 Å². The maximum absolute atomic E-state index is 10.9. The molecule has 0 aliphatic carbocycles. The van der Waals surface area contributed by atoms with Crippen LogP contribution in [0.15, 0.2) is 0 Å². The predicted octanol–water partition coefficient (Wildman–Crippen LogP) is 1.84. The van der Waals surface area contributed by atoms with Gasteiger partial charge in [0.05, 0.1) is 0 Å². The van der Waals surface area contributed by atoms with Crippen LogP contribution in [-0.2, 0) is 4.79 Å². The summed E-state index contributed by atoms with van der Waals surface area (Å²) in [7, 11) is 0. The van der Waals surface area contributed by atoms with Crippen molar-refractivity contribution in [3.63, 3.8) is 0 Å². The smallest absolute Gasteiger partial charge is 0.248 e. The molecule has 84 valence electrons. The lowest BCUT2D eigenvalue weighted by Crippen LogP contribution is -2.33. The van der Waals surface area contributed by atoms with Crippen LogP contribution in [0.25, 0.3) is 0 Å². The maximum atomic E-state index is 10.9. The standard InChI is InChI=1S/C11H23NO2/c1-3-4-5-6-7-8-9-12-11(14)10(2)13/h10,13H,3-9H2,1-2H3,(H,12,14)/t10-/m1/s1. The van der Waals surface area contributed by atoms with Crippen LogP contribution in [0.2, 0.25) is 0 Å². The molecule has 0 bridgehead atoms. The Hall–Kier alpha value is -0.570. The highest BCUT2D eigenvalue weighted by molar-refractivity contribution is 5.79. The van der Waals surface area contributed by atoms with E-state index in [1.807, 2.05) is 0 Å². The first-order valence-electron chi connectivity index (χ1n) is 5.64. The highest BCUT2D eigenvalue weighted by atomic mass is 16.3. The van der Waals surface area contributed by atoms with E-state index in [-0.39, 0.29) is 5.91 Å². The molecule has 0 saturated heterocycles. The molecular formula is C11H23NO2. The second kappa shape index (κ2) is 9.00. The largest absolute Gasteiger partial charge is 0.384 e. The summed E-state index contributed by atoms with van der Waals surface area (Å²) in [5, 5.41) is 11.6. The molecule has 1 atom stereocenters. The lowest BCUT2D eigenvalue weighted by Gasteiger charge is -2.06. The van der Waals surface area contributed by atoms with Crippen LogP contribution >= 0.6 is 0 Å². The molecule has 0 spiro atoms. The Morgan fingerprint density at radius 1 is 1.21 bits per heavy atom. The highest BCUT2D eigenvalue weighted by Gasteiger charge is 2.05. The highest BCUT2D eigenvalue weighted by Crippen LogP contribution is 2.03. The summed E-state index contributed by atoms with van der Waals surface area (Å²) in [5.41, 5.74) is 0. The van der Waals surface area contributed by atoms with Gasteiger partial charge < -0.3 is 10.4 Å². The number of aliphatic hydroxyl groups is 1. The lowest BCUT2D eigenvalue weighted by atomic mass is 10.1. The van der Waals surface area contributed by atoms with Gasteiger partial charge in [-0.15, -0.1) is 0 Å². The molecule has 0 saturated carbocycles. The summed E-state index contributed by atoms with van der Waals surface area (Å²) < 4.78 is 0. The number of nitrogens with one attached hydrogen (secondary N) is 1. The van der Waals surface area contributed by atoms with Crippen molar-refractivity contribution in [3.8, 4) is 0 Å². The van der Waals surface area contributed by atoms with Gasteiger partial charge in [0, 0.05) is 6.54 Å². The van der Waals surface area contributed by atoms with Crippen molar-refractivity contribution in [1.82, 2.24) is 5.32 Å². The number of amides is 1. The fourth-order valence-electron chi connectivity index (χ4n) is 1.26. The first kappa shape index (κ1) is 13.4. The third kappa shape index (κ3) is 8.05. The molecule has 0 radical (unpaired) electrons. The van der Waals surface area contributed by atoms with Crippen molar-refractivity contribution < 1.29 is 9.90 Å². The molecule has 2 N–H and O–H groups in total. The molecule has 3 nitrogen and oxygen atoms in total.